The van der Waals surface area contributed by atoms with Crippen LogP contribution in [0.25, 0.3) is 0 Å². The largest absolute Gasteiger partial charge is 0.378 e. The summed E-state index contributed by atoms with van der Waals surface area (Å²) in [5.74, 6) is 0.621. The second kappa shape index (κ2) is 12.0. The Bertz CT molecular complexity index is 779. The molecule has 1 aliphatic rings. The molecule has 0 radical (unpaired) electrons. The number of nitrogens with zero attached hydrogens (tertiary/aromatic N) is 3. The molecule has 3 rings (SSSR count). The Morgan fingerprint density at radius 3 is 2.52 bits per heavy atom. The molecule has 29 heavy (non-hydrogen) atoms. The van der Waals surface area contributed by atoms with Crippen molar-refractivity contribution < 1.29 is 9.13 Å². The fourth-order valence-electron chi connectivity index (χ4n) is 3.33. The molecule has 0 atom stereocenters. The van der Waals surface area contributed by atoms with Crippen molar-refractivity contribution in [3.8, 4) is 0 Å². The highest BCUT2D eigenvalue weighted by Gasteiger charge is 2.14. The van der Waals surface area contributed by atoms with Crippen molar-refractivity contribution in [3.05, 3.63) is 65.5 Å². The highest BCUT2D eigenvalue weighted by Crippen LogP contribution is 2.22. The predicted molar refractivity (Wildman–Crippen MR) is 128 cm³/mol. The van der Waals surface area contributed by atoms with E-state index in [0.717, 1.165) is 44.4 Å². The Kier molecular flexibility index (Phi) is 9.66. The summed E-state index contributed by atoms with van der Waals surface area (Å²) in [6, 6.07) is 15.0. The summed E-state index contributed by atoms with van der Waals surface area (Å²) in [4.78, 5) is 9.28. The van der Waals surface area contributed by atoms with Crippen LogP contribution in [0.1, 0.15) is 18.1 Å². The monoisotopic (exact) mass is 512 g/mol. The number of rotatable bonds is 6. The molecule has 5 nitrogen and oxygen atoms in total. The van der Waals surface area contributed by atoms with Gasteiger partial charge in [0.25, 0.3) is 0 Å². The maximum absolute atomic E-state index is 13.1. The number of aliphatic imine (C=N–C) groups is 1. The van der Waals surface area contributed by atoms with Gasteiger partial charge in [-0.1, -0.05) is 30.3 Å². The highest BCUT2D eigenvalue weighted by molar-refractivity contribution is 14.0. The van der Waals surface area contributed by atoms with Gasteiger partial charge in [-0.05, 0) is 36.2 Å². The minimum Gasteiger partial charge on any atom is -0.378 e. The molecule has 0 saturated carbocycles. The van der Waals surface area contributed by atoms with E-state index in [9.17, 15) is 4.39 Å². The van der Waals surface area contributed by atoms with Gasteiger partial charge in [-0.2, -0.15) is 0 Å². The number of hydrogen-bond acceptors (Lipinski definition) is 3. The minimum atomic E-state index is -0.216. The predicted octanol–water partition coefficient (Wildman–Crippen LogP) is 3.88. The summed E-state index contributed by atoms with van der Waals surface area (Å²) in [6.45, 7) is 7.46. The molecule has 1 heterocycles. The van der Waals surface area contributed by atoms with Gasteiger partial charge in [0.05, 0.1) is 19.8 Å². The van der Waals surface area contributed by atoms with Crippen molar-refractivity contribution in [1.29, 1.82) is 0 Å². The van der Waals surface area contributed by atoms with Crippen molar-refractivity contribution in [2.45, 2.75) is 20.0 Å². The fourth-order valence-corrected chi connectivity index (χ4v) is 3.33. The molecule has 0 aliphatic carbocycles. The molecule has 0 unspecified atom stereocenters. The van der Waals surface area contributed by atoms with Crippen LogP contribution in [0.5, 0.6) is 0 Å². The second-order valence-electron chi connectivity index (χ2n) is 6.88. The number of para-hydroxylation sites is 1. The third-order valence-electron chi connectivity index (χ3n) is 4.77. The second-order valence-corrected chi connectivity index (χ2v) is 6.88. The van der Waals surface area contributed by atoms with E-state index in [1.54, 1.807) is 0 Å². The summed E-state index contributed by atoms with van der Waals surface area (Å²) in [5.41, 5.74) is 3.48. The molecule has 0 spiro atoms. The molecule has 158 valence electrons. The van der Waals surface area contributed by atoms with E-state index in [4.69, 9.17) is 9.73 Å². The topological polar surface area (TPSA) is 40.1 Å². The quantitative estimate of drug-likeness (QED) is 0.363. The number of halogens is 2. The Hall–Kier alpha value is -1.87. The molecule has 2 aromatic carbocycles. The maximum atomic E-state index is 13.1. The third kappa shape index (κ3) is 6.85. The molecular formula is C22H30FIN4O. The van der Waals surface area contributed by atoms with Gasteiger partial charge in [0.1, 0.15) is 5.82 Å². The zero-order valence-electron chi connectivity index (χ0n) is 17.1. The smallest absolute Gasteiger partial charge is 0.194 e. The van der Waals surface area contributed by atoms with E-state index in [1.807, 2.05) is 19.2 Å². The van der Waals surface area contributed by atoms with E-state index in [2.05, 4.69) is 46.3 Å². The number of anilines is 1. The summed E-state index contributed by atoms with van der Waals surface area (Å²) in [6.07, 6.45) is 0. The van der Waals surface area contributed by atoms with Crippen LogP contribution in [0.4, 0.5) is 10.1 Å². The number of ether oxygens (including phenoxy) is 1. The van der Waals surface area contributed by atoms with Crippen molar-refractivity contribution in [2.24, 2.45) is 4.99 Å². The van der Waals surface area contributed by atoms with Gasteiger partial charge in [-0.3, -0.25) is 0 Å². The van der Waals surface area contributed by atoms with Crippen LogP contribution in [0.3, 0.4) is 0 Å². The molecule has 0 aromatic heterocycles. The summed E-state index contributed by atoms with van der Waals surface area (Å²) >= 11 is 0. The number of morpholine rings is 1. The number of nitrogens with one attached hydrogen (secondary N) is 1. The van der Waals surface area contributed by atoms with Gasteiger partial charge in [-0.15, -0.1) is 24.0 Å². The first-order chi connectivity index (χ1) is 13.7. The lowest BCUT2D eigenvalue weighted by molar-refractivity contribution is 0.122. The van der Waals surface area contributed by atoms with Gasteiger partial charge in [0.15, 0.2) is 5.96 Å². The third-order valence-corrected chi connectivity index (χ3v) is 4.77. The number of guanidine groups is 1. The minimum absolute atomic E-state index is 0. The van der Waals surface area contributed by atoms with E-state index in [0.29, 0.717) is 13.1 Å². The Morgan fingerprint density at radius 1 is 1.14 bits per heavy atom. The highest BCUT2D eigenvalue weighted by atomic mass is 127. The van der Waals surface area contributed by atoms with E-state index >= 15 is 0 Å². The Morgan fingerprint density at radius 2 is 1.83 bits per heavy atom. The molecule has 1 N–H and O–H groups in total. The molecule has 2 aromatic rings. The molecular weight excluding hydrogens is 482 g/mol. The standard InChI is InChI=1S/C22H29FN4O.HI/c1-3-24-22(26(2)17-18-8-10-20(23)11-9-18)25-16-19-6-4-5-7-21(19)27-12-14-28-15-13-27;/h4-11H,3,12-17H2,1-2H3,(H,24,25);1H. The van der Waals surface area contributed by atoms with E-state index in [-0.39, 0.29) is 29.8 Å². The fraction of sp³-hybridized carbons (Fsp3) is 0.409. The van der Waals surface area contributed by atoms with Crippen molar-refractivity contribution in [2.75, 3.05) is 44.8 Å². The van der Waals surface area contributed by atoms with Gasteiger partial charge in [-0.25, -0.2) is 9.38 Å². The maximum Gasteiger partial charge on any atom is 0.194 e. The van der Waals surface area contributed by atoms with Crippen LogP contribution in [0.15, 0.2) is 53.5 Å². The molecule has 1 fully saturated rings. The molecule has 7 heteroatoms. The lowest BCUT2D eigenvalue weighted by Gasteiger charge is -2.30. The zero-order valence-corrected chi connectivity index (χ0v) is 19.4. The Labute approximate surface area is 190 Å². The van der Waals surface area contributed by atoms with Crippen molar-refractivity contribution >= 4 is 35.6 Å². The van der Waals surface area contributed by atoms with E-state index in [1.165, 1.54) is 23.4 Å². The normalized spacial score (nSPS) is 14.3. The number of hydrogen-bond donors (Lipinski definition) is 1. The molecule has 0 amide bonds. The lowest BCUT2D eigenvalue weighted by atomic mass is 10.1. The molecule has 1 saturated heterocycles. The van der Waals surface area contributed by atoms with Crippen LogP contribution in [0, 0.1) is 5.82 Å². The van der Waals surface area contributed by atoms with Crippen LogP contribution >= 0.6 is 24.0 Å². The van der Waals surface area contributed by atoms with Crippen LogP contribution in [0.2, 0.25) is 0 Å². The summed E-state index contributed by atoms with van der Waals surface area (Å²) in [5, 5.41) is 3.35. The average Bonchev–Trinajstić information content (AvgIpc) is 2.73. The Balaban J connectivity index is 0.00000300. The van der Waals surface area contributed by atoms with Gasteiger partial charge in [0.2, 0.25) is 0 Å². The van der Waals surface area contributed by atoms with Crippen molar-refractivity contribution in [3.63, 3.8) is 0 Å². The average molecular weight is 512 g/mol. The van der Waals surface area contributed by atoms with Crippen LogP contribution < -0.4 is 10.2 Å². The molecule has 1 aliphatic heterocycles. The van der Waals surface area contributed by atoms with Gasteiger partial charge in [0, 0.05) is 38.9 Å². The van der Waals surface area contributed by atoms with E-state index < -0.39 is 0 Å². The van der Waals surface area contributed by atoms with Crippen LogP contribution in [-0.2, 0) is 17.8 Å². The first-order valence-corrected chi connectivity index (χ1v) is 9.82. The van der Waals surface area contributed by atoms with Gasteiger partial charge < -0.3 is 19.9 Å². The van der Waals surface area contributed by atoms with Gasteiger partial charge >= 0.3 is 0 Å². The zero-order chi connectivity index (χ0) is 19.8. The number of benzene rings is 2. The van der Waals surface area contributed by atoms with Crippen LogP contribution in [-0.4, -0.2) is 50.8 Å². The first kappa shape index (κ1) is 23.4. The first-order valence-electron chi connectivity index (χ1n) is 9.82. The summed E-state index contributed by atoms with van der Waals surface area (Å²) in [7, 11) is 2.00. The van der Waals surface area contributed by atoms with Crippen molar-refractivity contribution in [1.82, 2.24) is 10.2 Å². The summed E-state index contributed by atoms with van der Waals surface area (Å²) < 4.78 is 18.6. The SMILES string of the molecule is CCNC(=NCc1ccccc1N1CCOCC1)N(C)Cc1ccc(F)cc1.I. The lowest BCUT2D eigenvalue weighted by Crippen LogP contribution is -2.38. The molecule has 0 bridgehead atoms.